The van der Waals surface area contributed by atoms with E-state index in [0.29, 0.717) is 43.6 Å². The van der Waals surface area contributed by atoms with Gasteiger partial charge in [-0.25, -0.2) is 4.98 Å². The summed E-state index contributed by atoms with van der Waals surface area (Å²) in [6.07, 6.45) is 0.582. The van der Waals surface area contributed by atoms with E-state index in [1.165, 1.54) is 0 Å². The lowest BCUT2D eigenvalue weighted by Gasteiger charge is -1.97. The summed E-state index contributed by atoms with van der Waals surface area (Å²) in [6, 6.07) is 5.69. The van der Waals surface area contributed by atoms with Gasteiger partial charge in [0.15, 0.2) is 0 Å². The van der Waals surface area contributed by atoms with Crippen LogP contribution in [-0.4, -0.2) is 34.9 Å². The van der Waals surface area contributed by atoms with Crippen LogP contribution in [0, 0.1) is 6.92 Å². The van der Waals surface area contributed by atoms with Gasteiger partial charge in [0, 0.05) is 12.2 Å². The van der Waals surface area contributed by atoms with Gasteiger partial charge in [-0.2, -0.15) is 4.98 Å². The van der Waals surface area contributed by atoms with E-state index in [2.05, 4.69) is 15.1 Å². The highest BCUT2D eigenvalue weighted by Crippen LogP contribution is 2.13. The van der Waals surface area contributed by atoms with Gasteiger partial charge in [0.25, 0.3) is 0 Å². The van der Waals surface area contributed by atoms with Gasteiger partial charge in [-0.1, -0.05) is 11.2 Å². The third-order valence-electron chi connectivity index (χ3n) is 2.31. The molecule has 0 aromatic carbocycles. The molecular formula is C12H16N4O2. The fraction of sp³-hybridized carbons (Fsp3) is 0.417. The highest BCUT2D eigenvalue weighted by Gasteiger charge is 2.09. The number of ether oxygens (including phenoxy) is 1. The van der Waals surface area contributed by atoms with Crippen molar-refractivity contribution in [2.45, 2.75) is 13.3 Å². The van der Waals surface area contributed by atoms with Crippen molar-refractivity contribution >= 4 is 0 Å². The highest BCUT2D eigenvalue weighted by molar-refractivity contribution is 5.47. The van der Waals surface area contributed by atoms with Crippen molar-refractivity contribution in [1.82, 2.24) is 15.1 Å². The Balaban J connectivity index is 1.97. The minimum atomic E-state index is 0.507. The van der Waals surface area contributed by atoms with Crippen LogP contribution >= 0.6 is 0 Å². The molecule has 0 saturated heterocycles. The Morgan fingerprint density at radius 1 is 1.28 bits per heavy atom. The summed E-state index contributed by atoms with van der Waals surface area (Å²) in [7, 11) is 0. The Kier molecular flexibility index (Phi) is 4.38. The average molecular weight is 248 g/mol. The molecule has 0 unspecified atom stereocenters. The van der Waals surface area contributed by atoms with Crippen LogP contribution in [0.1, 0.15) is 11.6 Å². The number of nitrogens with two attached hydrogens (primary N) is 1. The molecule has 0 saturated carbocycles. The summed E-state index contributed by atoms with van der Waals surface area (Å²) in [5.41, 5.74) is 6.95. The van der Waals surface area contributed by atoms with Gasteiger partial charge in [-0.05, 0) is 19.1 Å². The van der Waals surface area contributed by atoms with Crippen LogP contribution < -0.4 is 5.73 Å². The van der Waals surface area contributed by atoms with Crippen LogP contribution in [0.5, 0.6) is 0 Å². The second kappa shape index (κ2) is 6.23. The highest BCUT2D eigenvalue weighted by atomic mass is 16.5. The molecule has 0 aliphatic carbocycles. The van der Waals surface area contributed by atoms with Crippen molar-refractivity contribution in [2.24, 2.45) is 5.73 Å². The Morgan fingerprint density at radius 2 is 2.17 bits per heavy atom. The Labute approximate surface area is 105 Å². The number of hydrogen-bond donors (Lipinski definition) is 1. The van der Waals surface area contributed by atoms with E-state index in [1.807, 2.05) is 25.1 Å². The molecule has 2 aromatic heterocycles. The summed E-state index contributed by atoms with van der Waals surface area (Å²) in [6.45, 7) is 3.51. The van der Waals surface area contributed by atoms with E-state index in [4.69, 9.17) is 15.0 Å². The van der Waals surface area contributed by atoms with E-state index in [1.54, 1.807) is 0 Å². The van der Waals surface area contributed by atoms with Crippen molar-refractivity contribution < 1.29 is 9.26 Å². The Bertz CT molecular complexity index is 498. The zero-order valence-electron chi connectivity index (χ0n) is 10.3. The lowest BCUT2D eigenvalue weighted by Crippen LogP contribution is -2.10. The average Bonchev–Trinajstić information content (AvgIpc) is 2.83. The SMILES string of the molecule is Cc1cccc(-c2noc(CCOCCN)n2)n1. The van der Waals surface area contributed by atoms with E-state index in [0.717, 1.165) is 5.69 Å². The molecule has 0 amide bonds. The minimum absolute atomic E-state index is 0.507. The van der Waals surface area contributed by atoms with Gasteiger partial charge in [0.1, 0.15) is 5.69 Å². The van der Waals surface area contributed by atoms with Gasteiger partial charge in [-0.3, -0.25) is 0 Å². The van der Waals surface area contributed by atoms with Gasteiger partial charge in [0.2, 0.25) is 11.7 Å². The van der Waals surface area contributed by atoms with Gasteiger partial charge >= 0.3 is 0 Å². The molecule has 0 atom stereocenters. The third-order valence-corrected chi connectivity index (χ3v) is 2.31. The molecule has 6 heteroatoms. The summed E-state index contributed by atoms with van der Waals surface area (Å²) in [5.74, 6) is 1.05. The standard InChI is InChI=1S/C12H16N4O2/c1-9-3-2-4-10(14-9)12-15-11(18-16-12)5-7-17-8-6-13/h2-4H,5-8,13H2,1H3. The number of nitrogens with zero attached hydrogens (tertiary/aromatic N) is 3. The normalized spacial score (nSPS) is 10.8. The maximum Gasteiger partial charge on any atom is 0.229 e. The predicted octanol–water partition coefficient (Wildman–Crippen LogP) is 0.958. The maximum absolute atomic E-state index is 5.32. The molecule has 0 bridgehead atoms. The molecule has 0 fully saturated rings. The molecule has 96 valence electrons. The summed E-state index contributed by atoms with van der Waals surface area (Å²) >= 11 is 0. The molecule has 0 radical (unpaired) electrons. The molecule has 0 aliphatic heterocycles. The van der Waals surface area contributed by atoms with Crippen molar-refractivity contribution in [3.05, 3.63) is 29.8 Å². The van der Waals surface area contributed by atoms with Gasteiger partial charge < -0.3 is 15.0 Å². The van der Waals surface area contributed by atoms with Crippen LogP contribution in [-0.2, 0) is 11.2 Å². The second-order valence-electron chi connectivity index (χ2n) is 3.83. The van der Waals surface area contributed by atoms with Crippen LogP contribution in [0.3, 0.4) is 0 Å². The van der Waals surface area contributed by atoms with Crippen molar-refractivity contribution in [1.29, 1.82) is 0 Å². The smallest absolute Gasteiger partial charge is 0.229 e. The predicted molar refractivity (Wildman–Crippen MR) is 65.8 cm³/mol. The molecule has 2 N–H and O–H groups in total. The first-order chi connectivity index (χ1) is 8.79. The van der Waals surface area contributed by atoms with Crippen LogP contribution in [0.25, 0.3) is 11.5 Å². The number of rotatable bonds is 6. The van der Waals surface area contributed by atoms with Crippen molar-refractivity contribution in [3.8, 4) is 11.5 Å². The van der Waals surface area contributed by atoms with Crippen molar-refractivity contribution in [3.63, 3.8) is 0 Å². The maximum atomic E-state index is 5.32. The van der Waals surface area contributed by atoms with Crippen LogP contribution in [0.2, 0.25) is 0 Å². The Morgan fingerprint density at radius 3 is 2.94 bits per heavy atom. The molecular weight excluding hydrogens is 232 g/mol. The topological polar surface area (TPSA) is 87.1 Å². The lowest BCUT2D eigenvalue weighted by molar-refractivity contribution is 0.138. The first kappa shape index (κ1) is 12.7. The monoisotopic (exact) mass is 248 g/mol. The quantitative estimate of drug-likeness (QED) is 0.766. The van der Waals surface area contributed by atoms with E-state index in [9.17, 15) is 0 Å². The van der Waals surface area contributed by atoms with Gasteiger partial charge in [-0.15, -0.1) is 0 Å². The zero-order valence-corrected chi connectivity index (χ0v) is 10.3. The van der Waals surface area contributed by atoms with Crippen LogP contribution in [0.4, 0.5) is 0 Å². The van der Waals surface area contributed by atoms with Crippen LogP contribution in [0.15, 0.2) is 22.7 Å². The number of hydrogen-bond acceptors (Lipinski definition) is 6. The largest absolute Gasteiger partial charge is 0.380 e. The van der Waals surface area contributed by atoms with Gasteiger partial charge in [0.05, 0.1) is 19.6 Å². The molecule has 2 aromatic rings. The first-order valence-electron chi connectivity index (χ1n) is 5.84. The number of aromatic nitrogens is 3. The summed E-state index contributed by atoms with van der Waals surface area (Å²) in [4.78, 5) is 8.60. The Hall–Kier alpha value is -1.79. The molecule has 2 heterocycles. The lowest BCUT2D eigenvalue weighted by atomic mass is 10.3. The summed E-state index contributed by atoms with van der Waals surface area (Å²) in [5, 5.41) is 3.90. The molecule has 18 heavy (non-hydrogen) atoms. The molecule has 0 aliphatic rings. The number of pyridine rings is 1. The first-order valence-corrected chi connectivity index (χ1v) is 5.84. The molecule has 2 rings (SSSR count). The minimum Gasteiger partial charge on any atom is -0.380 e. The van der Waals surface area contributed by atoms with Crippen molar-refractivity contribution in [2.75, 3.05) is 19.8 Å². The fourth-order valence-electron chi connectivity index (χ4n) is 1.47. The third kappa shape index (κ3) is 3.35. The van der Waals surface area contributed by atoms with E-state index in [-0.39, 0.29) is 0 Å². The van der Waals surface area contributed by atoms with E-state index < -0.39 is 0 Å². The second-order valence-corrected chi connectivity index (χ2v) is 3.83. The summed E-state index contributed by atoms with van der Waals surface area (Å²) < 4.78 is 10.4. The zero-order chi connectivity index (χ0) is 12.8. The van der Waals surface area contributed by atoms with E-state index >= 15 is 0 Å². The number of aryl methyl sites for hydroxylation is 1. The molecule has 0 spiro atoms. The molecule has 6 nitrogen and oxygen atoms in total. The fourth-order valence-corrected chi connectivity index (χ4v) is 1.47.